The third-order valence-electron chi connectivity index (χ3n) is 3.78. The Bertz CT molecular complexity index is 377. The van der Waals surface area contributed by atoms with Crippen molar-refractivity contribution >= 4 is 5.69 Å². The van der Waals surface area contributed by atoms with Crippen LogP contribution in [-0.2, 0) is 0 Å². The van der Waals surface area contributed by atoms with Gasteiger partial charge in [0.1, 0.15) is 5.75 Å². The summed E-state index contributed by atoms with van der Waals surface area (Å²) in [6.07, 6.45) is 4.84. The summed E-state index contributed by atoms with van der Waals surface area (Å²) in [5.41, 5.74) is 1.32. The summed E-state index contributed by atoms with van der Waals surface area (Å²) < 4.78 is 5.64. The number of anilines is 1. The molecule has 0 spiro atoms. The number of hydrogen-bond donors (Lipinski definition) is 1. The van der Waals surface area contributed by atoms with Gasteiger partial charge in [0.25, 0.3) is 0 Å². The molecule has 1 aliphatic heterocycles. The zero-order valence-electron chi connectivity index (χ0n) is 12.9. The largest absolute Gasteiger partial charge is 0.494 e. The minimum Gasteiger partial charge on any atom is -0.494 e. The lowest BCUT2D eigenvalue weighted by Crippen LogP contribution is -2.46. The zero-order valence-corrected chi connectivity index (χ0v) is 12.9. The van der Waals surface area contributed by atoms with Gasteiger partial charge in [-0.1, -0.05) is 13.8 Å². The van der Waals surface area contributed by atoms with Crippen LogP contribution >= 0.6 is 0 Å². The Morgan fingerprint density at radius 2 is 2.00 bits per heavy atom. The molecule has 0 saturated carbocycles. The molecule has 1 aliphatic rings. The average molecular weight is 276 g/mol. The minimum absolute atomic E-state index is 0.639. The summed E-state index contributed by atoms with van der Waals surface area (Å²) >= 11 is 0. The minimum atomic E-state index is 0.639. The van der Waals surface area contributed by atoms with E-state index in [4.69, 9.17) is 4.74 Å². The number of piperidine rings is 1. The van der Waals surface area contributed by atoms with Crippen LogP contribution in [-0.4, -0.2) is 32.3 Å². The van der Waals surface area contributed by atoms with Crippen LogP contribution in [0.2, 0.25) is 0 Å². The standard InChI is InChI=1S/C17H28N2O/c1-3-11-18-15-6-5-12-19(14-15)16-7-9-17(10-8-16)20-13-4-2/h7-10,15,18H,3-6,11-14H2,1-2H3. The number of nitrogens with zero attached hydrogens (tertiary/aromatic N) is 1. The molecule has 1 heterocycles. The molecular formula is C17H28N2O. The van der Waals surface area contributed by atoms with Crippen LogP contribution in [0.1, 0.15) is 39.5 Å². The Morgan fingerprint density at radius 3 is 2.70 bits per heavy atom. The van der Waals surface area contributed by atoms with E-state index in [1.54, 1.807) is 0 Å². The van der Waals surface area contributed by atoms with Crippen molar-refractivity contribution in [1.82, 2.24) is 5.32 Å². The van der Waals surface area contributed by atoms with E-state index in [0.717, 1.165) is 31.9 Å². The average Bonchev–Trinajstić information content (AvgIpc) is 2.52. The SMILES string of the molecule is CCCNC1CCCN(c2ccc(OCCC)cc2)C1. The molecule has 3 nitrogen and oxygen atoms in total. The highest BCUT2D eigenvalue weighted by Gasteiger charge is 2.19. The third kappa shape index (κ3) is 4.41. The van der Waals surface area contributed by atoms with Gasteiger partial charge in [-0.15, -0.1) is 0 Å². The normalized spacial score (nSPS) is 19.1. The predicted octanol–water partition coefficient (Wildman–Crippen LogP) is 3.44. The van der Waals surface area contributed by atoms with Gasteiger partial charge in [-0.3, -0.25) is 0 Å². The van der Waals surface area contributed by atoms with Gasteiger partial charge in [0, 0.05) is 24.8 Å². The number of benzene rings is 1. The molecule has 112 valence electrons. The van der Waals surface area contributed by atoms with E-state index < -0.39 is 0 Å². The lowest BCUT2D eigenvalue weighted by atomic mass is 10.0. The Hall–Kier alpha value is -1.22. The van der Waals surface area contributed by atoms with Crippen LogP contribution in [0, 0.1) is 0 Å². The molecule has 0 bridgehead atoms. The van der Waals surface area contributed by atoms with Gasteiger partial charge in [-0.25, -0.2) is 0 Å². The van der Waals surface area contributed by atoms with E-state index in [1.165, 1.54) is 31.5 Å². The van der Waals surface area contributed by atoms with Gasteiger partial charge >= 0.3 is 0 Å². The fraction of sp³-hybridized carbons (Fsp3) is 0.647. The van der Waals surface area contributed by atoms with Crippen LogP contribution in [0.15, 0.2) is 24.3 Å². The van der Waals surface area contributed by atoms with E-state index in [1.807, 2.05) is 0 Å². The van der Waals surface area contributed by atoms with Gasteiger partial charge in [0.05, 0.1) is 6.61 Å². The predicted molar refractivity (Wildman–Crippen MR) is 85.8 cm³/mol. The number of nitrogens with one attached hydrogen (secondary N) is 1. The molecule has 0 aliphatic carbocycles. The Balaban J connectivity index is 1.89. The number of hydrogen-bond acceptors (Lipinski definition) is 3. The van der Waals surface area contributed by atoms with Crippen LogP contribution in [0.4, 0.5) is 5.69 Å². The zero-order chi connectivity index (χ0) is 14.2. The molecule has 1 aromatic rings. The van der Waals surface area contributed by atoms with Gasteiger partial charge < -0.3 is 15.0 Å². The maximum Gasteiger partial charge on any atom is 0.119 e. The van der Waals surface area contributed by atoms with E-state index in [2.05, 4.69) is 48.3 Å². The van der Waals surface area contributed by atoms with Crippen LogP contribution in [0.25, 0.3) is 0 Å². The monoisotopic (exact) mass is 276 g/mol. The number of ether oxygens (including phenoxy) is 1. The van der Waals surface area contributed by atoms with Crippen molar-refractivity contribution < 1.29 is 4.74 Å². The fourth-order valence-corrected chi connectivity index (χ4v) is 2.70. The Morgan fingerprint density at radius 1 is 1.20 bits per heavy atom. The first kappa shape index (κ1) is 15.2. The molecule has 3 heteroatoms. The second kappa shape index (κ2) is 8.15. The highest BCUT2D eigenvalue weighted by Crippen LogP contribution is 2.23. The Kier molecular flexibility index (Phi) is 6.19. The number of rotatable bonds is 7. The third-order valence-corrected chi connectivity index (χ3v) is 3.78. The molecule has 1 aromatic carbocycles. The summed E-state index contributed by atoms with van der Waals surface area (Å²) in [6.45, 7) is 8.57. The fourth-order valence-electron chi connectivity index (χ4n) is 2.70. The maximum absolute atomic E-state index is 5.64. The highest BCUT2D eigenvalue weighted by atomic mass is 16.5. The molecule has 1 N–H and O–H groups in total. The van der Waals surface area contributed by atoms with Crippen molar-refractivity contribution in [3.05, 3.63) is 24.3 Å². The lowest BCUT2D eigenvalue weighted by Gasteiger charge is -2.35. The first-order chi connectivity index (χ1) is 9.83. The molecule has 2 rings (SSSR count). The van der Waals surface area contributed by atoms with Crippen LogP contribution in [0.3, 0.4) is 0 Å². The maximum atomic E-state index is 5.64. The highest BCUT2D eigenvalue weighted by molar-refractivity contribution is 5.49. The van der Waals surface area contributed by atoms with Crippen molar-refractivity contribution in [2.75, 3.05) is 31.1 Å². The van der Waals surface area contributed by atoms with E-state index in [0.29, 0.717) is 6.04 Å². The molecule has 1 atom stereocenters. The van der Waals surface area contributed by atoms with Crippen molar-refractivity contribution in [2.24, 2.45) is 0 Å². The van der Waals surface area contributed by atoms with E-state index in [-0.39, 0.29) is 0 Å². The molecular weight excluding hydrogens is 248 g/mol. The first-order valence-corrected chi connectivity index (χ1v) is 8.04. The summed E-state index contributed by atoms with van der Waals surface area (Å²) in [5.74, 6) is 0.980. The van der Waals surface area contributed by atoms with Crippen molar-refractivity contribution in [1.29, 1.82) is 0 Å². The van der Waals surface area contributed by atoms with Crippen molar-refractivity contribution in [2.45, 2.75) is 45.6 Å². The molecule has 1 unspecified atom stereocenters. The van der Waals surface area contributed by atoms with Gasteiger partial charge in [0.2, 0.25) is 0 Å². The lowest BCUT2D eigenvalue weighted by molar-refractivity contribution is 0.317. The molecule has 20 heavy (non-hydrogen) atoms. The quantitative estimate of drug-likeness (QED) is 0.825. The van der Waals surface area contributed by atoms with Gasteiger partial charge in [-0.2, -0.15) is 0 Å². The van der Waals surface area contributed by atoms with Crippen molar-refractivity contribution in [3.8, 4) is 5.75 Å². The van der Waals surface area contributed by atoms with Crippen LogP contribution < -0.4 is 15.0 Å². The van der Waals surface area contributed by atoms with Crippen molar-refractivity contribution in [3.63, 3.8) is 0 Å². The van der Waals surface area contributed by atoms with E-state index >= 15 is 0 Å². The molecule has 0 amide bonds. The second-order valence-electron chi connectivity index (χ2n) is 5.58. The van der Waals surface area contributed by atoms with Gasteiger partial charge in [0.15, 0.2) is 0 Å². The molecule has 1 saturated heterocycles. The second-order valence-corrected chi connectivity index (χ2v) is 5.58. The smallest absolute Gasteiger partial charge is 0.119 e. The van der Waals surface area contributed by atoms with Crippen LogP contribution in [0.5, 0.6) is 5.75 Å². The summed E-state index contributed by atoms with van der Waals surface area (Å²) in [5, 5.41) is 3.64. The molecule has 1 fully saturated rings. The molecule has 0 aromatic heterocycles. The summed E-state index contributed by atoms with van der Waals surface area (Å²) in [7, 11) is 0. The first-order valence-electron chi connectivity index (χ1n) is 8.04. The summed E-state index contributed by atoms with van der Waals surface area (Å²) in [4.78, 5) is 2.49. The Labute approximate surface area is 123 Å². The molecule has 0 radical (unpaired) electrons. The van der Waals surface area contributed by atoms with E-state index in [9.17, 15) is 0 Å². The van der Waals surface area contributed by atoms with Gasteiger partial charge in [-0.05, 0) is 56.5 Å². The summed E-state index contributed by atoms with van der Waals surface area (Å²) in [6, 6.07) is 9.20. The topological polar surface area (TPSA) is 24.5 Å².